The van der Waals surface area contributed by atoms with Gasteiger partial charge in [0.25, 0.3) is 5.56 Å². The highest BCUT2D eigenvalue weighted by atomic mass is 16.4. The molecule has 0 bridgehead atoms. The molecule has 278 valence electrons. The molecule has 17 heteroatoms. The van der Waals surface area contributed by atoms with Crippen molar-refractivity contribution in [1.29, 1.82) is 0 Å². The number of aromatic nitrogens is 2. The molecule has 2 heterocycles. The number of hydrogen-bond acceptors (Lipinski definition) is 11. The Morgan fingerprint density at radius 1 is 0.660 bits per heavy atom. The number of aliphatic carboxylic acids is 3. The molecule has 4 aromatic rings. The Morgan fingerprint density at radius 3 is 1.66 bits per heavy atom. The molecular weight excluding hydrogens is 692 g/mol. The highest BCUT2D eigenvalue weighted by Crippen LogP contribution is 2.13. The normalized spacial score (nSPS) is 11.5. The van der Waals surface area contributed by atoms with Gasteiger partial charge in [0, 0.05) is 31.9 Å². The van der Waals surface area contributed by atoms with E-state index < -0.39 is 42.5 Å². The lowest BCUT2D eigenvalue weighted by Crippen LogP contribution is -2.33. The zero-order valence-corrected chi connectivity index (χ0v) is 28.3. The van der Waals surface area contributed by atoms with Crippen molar-refractivity contribution in [1.82, 2.24) is 20.2 Å². The van der Waals surface area contributed by atoms with Crippen LogP contribution in [0, 0.1) is 0 Å². The fourth-order valence-electron chi connectivity index (χ4n) is 4.11. The van der Waals surface area contributed by atoms with E-state index in [-0.39, 0.29) is 42.3 Å². The summed E-state index contributed by atoms with van der Waals surface area (Å²) in [5.74, 6) is -1.06. The van der Waals surface area contributed by atoms with Crippen LogP contribution in [0.15, 0.2) is 113 Å². The number of Topliss-reactive ketones (excluding diaryl/α,β-unsaturated/α-hetero) is 1. The molecule has 0 saturated carbocycles. The van der Waals surface area contributed by atoms with Gasteiger partial charge < -0.3 is 20.4 Å². The van der Waals surface area contributed by atoms with Gasteiger partial charge in [-0.1, -0.05) is 91.0 Å². The highest BCUT2D eigenvalue weighted by Gasteiger charge is 2.24. The van der Waals surface area contributed by atoms with E-state index in [2.05, 4.69) is 15.6 Å². The first kappa shape index (κ1) is 42.3. The summed E-state index contributed by atoms with van der Waals surface area (Å²) in [5.41, 5.74) is 5.20. The summed E-state index contributed by atoms with van der Waals surface area (Å²) >= 11 is 0. The van der Waals surface area contributed by atoms with Crippen molar-refractivity contribution >= 4 is 41.3 Å². The minimum atomic E-state index is -1.58. The molecule has 0 unspecified atom stereocenters. The number of carbonyl (C=O) groups excluding carboxylic acids is 2. The Bertz CT molecular complexity index is 1920. The smallest absolute Gasteiger partial charge is 0.372 e. The number of carboxylic acids is 4. The second-order valence-electron chi connectivity index (χ2n) is 10.8. The summed E-state index contributed by atoms with van der Waals surface area (Å²) in [7, 11) is 0. The third-order valence-corrected chi connectivity index (χ3v) is 6.74. The lowest BCUT2D eigenvalue weighted by molar-refractivity contribution is -0.149. The maximum atomic E-state index is 11.6. The predicted octanol–water partition coefficient (Wildman–Crippen LogP) is 2.39. The van der Waals surface area contributed by atoms with Gasteiger partial charge in [0.05, 0.1) is 19.5 Å². The van der Waals surface area contributed by atoms with Gasteiger partial charge in [-0.05, 0) is 22.8 Å². The van der Waals surface area contributed by atoms with Crippen LogP contribution in [0.2, 0.25) is 0 Å². The molecular formula is C36H38N6O11. The van der Waals surface area contributed by atoms with Crippen molar-refractivity contribution in [3.8, 4) is 0 Å². The zero-order chi connectivity index (χ0) is 39.2. The fraction of sp³-hybridized carbons (Fsp3) is 0.194. The fourth-order valence-corrected chi connectivity index (χ4v) is 4.11. The number of amides is 1. The van der Waals surface area contributed by atoms with Crippen molar-refractivity contribution in [2.24, 2.45) is 10.9 Å². The van der Waals surface area contributed by atoms with E-state index in [1.807, 2.05) is 91.0 Å². The van der Waals surface area contributed by atoms with Crippen molar-refractivity contribution in [2.45, 2.75) is 45.3 Å². The number of aromatic carboxylic acids is 1. The average Bonchev–Trinajstić information content (AvgIpc) is 3.14. The van der Waals surface area contributed by atoms with E-state index in [9.17, 15) is 33.6 Å². The number of rotatable bonds is 12. The van der Waals surface area contributed by atoms with Gasteiger partial charge in [-0.3, -0.25) is 30.4 Å². The summed E-state index contributed by atoms with van der Waals surface area (Å²) in [6.07, 6.45) is -0.451. The first-order valence-electron chi connectivity index (χ1n) is 15.8. The molecule has 5 rings (SSSR count). The molecule has 53 heavy (non-hydrogen) atoms. The van der Waals surface area contributed by atoms with E-state index in [1.54, 1.807) is 0 Å². The average molecular weight is 731 g/mol. The Kier molecular flexibility index (Phi) is 18.2. The molecule has 0 fully saturated rings. The zero-order valence-electron chi connectivity index (χ0n) is 28.3. The van der Waals surface area contributed by atoms with Crippen LogP contribution < -0.4 is 16.8 Å². The Balaban J connectivity index is 0.000000254. The van der Waals surface area contributed by atoms with Gasteiger partial charge >= 0.3 is 23.9 Å². The van der Waals surface area contributed by atoms with Gasteiger partial charge in [-0.15, -0.1) is 0 Å². The molecule has 1 aliphatic rings. The molecule has 0 spiro atoms. The summed E-state index contributed by atoms with van der Waals surface area (Å²) in [6, 6.07) is 31.1. The van der Waals surface area contributed by atoms with Crippen molar-refractivity contribution in [3.05, 3.63) is 136 Å². The van der Waals surface area contributed by atoms with Gasteiger partial charge in [-0.25, -0.2) is 24.1 Å². The summed E-state index contributed by atoms with van der Waals surface area (Å²) in [5, 5.41) is 42.4. The number of hydrazine groups is 1. The minimum absolute atomic E-state index is 0.0422. The van der Waals surface area contributed by atoms with E-state index >= 15 is 0 Å². The number of carboxylic acid groups (broad SMARTS) is 4. The molecule has 0 aliphatic carbocycles. The van der Waals surface area contributed by atoms with Gasteiger partial charge in [0.15, 0.2) is 5.69 Å². The van der Waals surface area contributed by atoms with Crippen LogP contribution in [0.25, 0.3) is 0 Å². The largest absolute Gasteiger partial charge is 0.481 e. The molecule has 3 aromatic carbocycles. The van der Waals surface area contributed by atoms with Crippen molar-refractivity contribution < 1.29 is 49.2 Å². The van der Waals surface area contributed by atoms with Crippen LogP contribution in [0.4, 0.5) is 0 Å². The maximum absolute atomic E-state index is 11.6. The number of ketones is 1. The third-order valence-electron chi connectivity index (χ3n) is 6.74. The molecule has 0 saturated heterocycles. The van der Waals surface area contributed by atoms with Crippen LogP contribution in [0.3, 0.4) is 0 Å². The number of nitrogens with one attached hydrogen (secondary N) is 1. The van der Waals surface area contributed by atoms with Gasteiger partial charge in [-0.2, -0.15) is 10.2 Å². The summed E-state index contributed by atoms with van der Waals surface area (Å²) in [4.78, 5) is 74.4. The standard InChI is InChI=1S/C12H12N2O3.C12H10N2O3.C7H10N2.C5H6O5/c2*15-11-7-6-10(12(16)17)13-14(11)8-9-4-2-1-3-5-9;8-9-6-7-4-2-1-3-5-7;6-3(5(9)10)1-2-4(7)8/h1-5H,6-8H2,(H,16,17);1-7H,8H2,(H,16,17);1-5,9H,6,8H2;1-2H2,(H,7,8)(H,9,10). The van der Waals surface area contributed by atoms with Crippen LogP contribution in [0.1, 0.15) is 52.9 Å². The molecule has 1 aromatic heterocycles. The second-order valence-corrected chi connectivity index (χ2v) is 10.8. The number of carbonyl (C=O) groups is 6. The SMILES string of the molecule is NNCc1ccccc1.O=C(O)C1=NN(Cc2ccccc2)C(=O)CC1.O=C(O)CCC(=O)C(=O)O.O=C(O)c1ccc(=O)n(Cc2ccccc2)n1. The Morgan fingerprint density at radius 2 is 1.19 bits per heavy atom. The highest BCUT2D eigenvalue weighted by molar-refractivity contribution is 6.36. The Labute approximate surface area is 302 Å². The number of hydrazone groups is 1. The molecule has 1 amide bonds. The maximum Gasteiger partial charge on any atom is 0.372 e. The monoisotopic (exact) mass is 730 g/mol. The van der Waals surface area contributed by atoms with Crippen LogP contribution >= 0.6 is 0 Å². The molecule has 7 N–H and O–H groups in total. The van der Waals surface area contributed by atoms with Gasteiger partial charge in [0.2, 0.25) is 11.7 Å². The van der Waals surface area contributed by atoms with E-state index in [4.69, 9.17) is 26.3 Å². The molecule has 0 radical (unpaired) electrons. The number of benzene rings is 3. The van der Waals surface area contributed by atoms with Crippen LogP contribution in [-0.2, 0) is 43.6 Å². The minimum Gasteiger partial charge on any atom is -0.481 e. The molecule has 0 atom stereocenters. The topological polar surface area (TPSA) is 272 Å². The first-order chi connectivity index (χ1) is 25.3. The number of nitrogens with two attached hydrogens (primary N) is 1. The van der Waals surface area contributed by atoms with E-state index in [0.29, 0.717) is 6.54 Å². The van der Waals surface area contributed by atoms with E-state index in [1.165, 1.54) is 22.7 Å². The van der Waals surface area contributed by atoms with Crippen molar-refractivity contribution in [3.63, 3.8) is 0 Å². The number of hydrogen-bond donors (Lipinski definition) is 6. The van der Waals surface area contributed by atoms with Crippen LogP contribution in [0.5, 0.6) is 0 Å². The predicted molar refractivity (Wildman–Crippen MR) is 189 cm³/mol. The first-order valence-corrected chi connectivity index (χ1v) is 15.8. The number of nitrogens with zero attached hydrogens (tertiary/aromatic N) is 4. The quantitative estimate of drug-likeness (QED) is 0.0694. The van der Waals surface area contributed by atoms with Crippen molar-refractivity contribution in [2.75, 3.05) is 0 Å². The molecule has 17 nitrogen and oxygen atoms in total. The second kappa shape index (κ2) is 22.8. The molecule has 1 aliphatic heterocycles. The van der Waals surface area contributed by atoms with Gasteiger partial charge in [0.1, 0.15) is 5.71 Å². The Hall–Kier alpha value is -6.85. The van der Waals surface area contributed by atoms with E-state index in [0.717, 1.165) is 22.4 Å². The third kappa shape index (κ3) is 16.6. The summed E-state index contributed by atoms with van der Waals surface area (Å²) < 4.78 is 1.14. The summed E-state index contributed by atoms with van der Waals surface area (Å²) in [6.45, 7) is 1.32. The lowest BCUT2D eigenvalue weighted by Gasteiger charge is -2.22. The lowest BCUT2D eigenvalue weighted by atomic mass is 10.1. The van der Waals surface area contributed by atoms with Crippen LogP contribution in [-0.4, -0.2) is 76.5 Å².